The van der Waals surface area contributed by atoms with Gasteiger partial charge in [0.2, 0.25) is 0 Å². The van der Waals surface area contributed by atoms with Gasteiger partial charge in [0.15, 0.2) is 6.10 Å². The number of carbonyl (C=O) groups is 1. The van der Waals surface area contributed by atoms with E-state index in [1.165, 1.54) is 25.4 Å². The molecule has 0 amide bonds. The zero-order valence-corrected chi connectivity index (χ0v) is 14.6. The maximum atomic E-state index is 13.1. The molecular weight excluding hydrogens is 339 g/mol. The third kappa shape index (κ3) is 3.73. The molecule has 5 nitrogen and oxygen atoms in total. The lowest BCUT2D eigenvalue weighted by molar-refractivity contribution is -0.206. The van der Waals surface area contributed by atoms with E-state index in [-0.39, 0.29) is 16.7 Å². The zero-order valence-electron chi connectivity index (χ0n) is 14.6. The average molecular weight is 359 g/mol. The number of aryl methyl sites for hydroxylation is 1. The first-order chi connectivity index (χ1) is 11.4. The molecular formula is C17H20F3NO4. The normalized spacial score (nSPS) is 13.8. The number of halogens is 3. The fraction of sp³-hybridized carbons (Fsp3) is 0.471. The van der Waals surface area contributed by atoms with Crippen LogP contribution < -0.4 is 4.74 Å². The molecule has 1 unspecified atom stereocenters. The number of nitrogens with zero attached hydrogens (tertiary/aromatic N) is 1. The van der Waals surface area contributed by atoms with Gasteiger partial charge in [-0.3, -0.25) is 4.57 Å². The van der Waals surface area contributed by atoms with Crippen LogP contribution in [0.5, 0.6) is 5.75 Å². The Balaban J connectivity index is 2.71. The van der Waals surface area contributed by atoms with Crippen LogP contribution in [0.2, 0.25) is 0 Å². The number of ether oxygens (including phenoxy) is 2. The second-order valence-electron chi connectivity index (χ2n) is 6.68. The molecule has 8 heteroatoms. The molecule has 138 valence electrons. The molecule has 1 heterocycles. The van der Waals surface area contributed by atoms with Crippen LogP contribution in [0.15, 0.2) is 18.3 Å². The van der Waals surface area contributed by atoms with Crippen molar-refractivity contribution >= 4 is 17.0 Å². The van der Waals surface area contributed by atoms with E-state index in [2.05, 4.69) is 0 Å². The Labute approximate surface area is 142 Å². The van der Waals surface area contributed by atoms with Crippen LogP contribution in [0.4, 0.5) is 18.0 Å². The van der Waals surface area contributed by atoms with Gasteiger partial charge in [0.1, 0.15) is 11.4 Å². The number of methoxy groups -OCH3 is 1. The van der Waals surface area contributed by atoms with Crippen molar-refractivity contribution in [1.29, 1.82) is 0 Å². The number of hydrogen-bond acceptors (Lipinski definition) is 4. The highest BCUT2D eigenvalue weighted by atomic mass is 19.4. The van der Waals surface area contributed by atoms with E-state index < -0.39 is 29.5 Å². The molecule has 1 aromatic heterocycles. The van der Waals surface area contributed by atoms with Crippen LogP contribution in [0.1, 0.15) is 38.0 Å². The van der Waals surface area contributed by atoms with Crippen molar-refractivity contribution in [2.45, 2.75) is 45.6 Å². The molecule has 0 radical (unpaired) electrons. The van der Waals surface area contributed by atoms with Crippen molar-refractivity contribution < 1.29 is 32.5 Å². The fourth-order valence-electron chi connectivity index (χ4n) is 2.61. The van der Waals surface area contributed by atoms with Gasteiger partial charge >= 0.3 is 12.3 Å². The molecule has 1 N–H and O–H groups in total. The molecule has 25 heavy (non-hydrogen) atoms. The standard InChI is InChI=1S/C17H20F3NO4/c1-9-8-11(24-5)12(14(22)17(18,19)20)10-6-7-21(13(9)10)15(23)25-16(2,3)4/h6-8,14,22H,1-5H3. The maximum absolute atomic E-state index is 13.1. The van der Waals surface area contributed by atoms with Crippen LogP contribution in [0, 0.1) is 6.92 Å². The smallest absolute Gasteiger partial charge is 0.419 e. The van der Waals surface area contributed by atoms with Gasteiger partial charge in [-0.05, 0) is 45.4 Å². The first-order valence-corrected chi connectivity index (χ1v) is 7.53. The number of fused-ring (bicyclic) bond motifs is 1. The van der Waals surface area contributed by atoms with Gasteiger partial charge in [0, 0.05) is 17.1 Å². The number of alkyl halides is 3. The molecule has 1 aromatic carbocycles. The topological polar surface area (TPSA) is 60.7 Å². The molecule has 0 aliphatic heterocycles. The minimum absolute atomic E-state index is 0.0764. The van der Waals surface area contributed by atoms with Gasteiger partial charge in [0.25, 0.3) is 0 Å². The largest absolute Gasteiger partial charge is 0.496 e. The Morgan fingerprint density at radius 1 is 1.28 bits per heavy atom. The lowest BCUT2D eigenvalue weighted by atomic mass is 10.00. The first kappa shape index (κ1) is 19.1. The van der Waals surface area contributed by atoms with Crippen molar-refractivity contribution in [1.82, 2.24) is 4.57 Å². The average Bonchev–Trinajstić information content (AvgIpc) is 2.89. The van der Waals surface area contributed by atoms with Crippen molar-refractivity contribution in [3.05, 3.63) is 29.5 Å². The molecule has 2 aromatic rings. The quantitative estimate of drug-likeness (QED) is 0.867. The summed E-state index contributed by atoms with van der Waals surface area (Å²) in [6, 6.07) is 2.69. The van der Waals surface area contributed by atoms with E-state index >= 15 is 0 Å². The van der Waals surface area contributed by atoms with Crippen LogP contribution in [0.25, 0.3) is 10.9 Å². The minimum atomic E-state index is -4.87. The van der Waals surface area contributed by atoms with Crippen molar-refractivity contribution in [3.63, 3.8) is 0 Å². The Kier molecular flexibility index (Phi) is 4.78. The summed E-state index contributed by atoms with van der Waals surface area (Å²) >= 11 is 0. The van der Waals surface area contributed by atoms with Crippen LogP contribution in [0.3, 0.4) is 0 Å². The monoisotopic (exact) mass is 359 g/mol. The maximum Gasteiger partial charge on any atom is 0.419 e. The highest BCUT2D eigenvalue weighted by Crippen LogP contribution is 2.42. The summed E-state index contributed by atoms with van der Waals surface area (Å²) in [6.07, 6.45) is -7.01. The first-order valence-electron chi connectivity index (χ1n) is 7.53. The molecule has 0 saturated heterocycles. The van der Waals surface area contributed by atoms with Crippen LogP contribution in [-0.2, 0) is 4.74 Å². The minimum Gasteiger partial charge on any atom is -0.496 e. The Morgan fingerprint density at radius 3 is 2.36 bits per heavy atom. The van der Waals surface area contributed by atoms with Crippen molar-refractivity contribution in [2.24, 2.45) is 0 Å². The molecule has 2 rings (SSSR count). The van der Waals surface area contributed by atoms with Crippen LogP contribution >= 0.6 is 0 Å². The summed E-state index contributed by atoms with van der Waals surface area (Å²) in [7, 11) is 1.22. The van der Waals surface area contributed by atoms with E-state index in [0.717, 1.165) is 4.57 Å². The Bertz CT molecular complexity index is 803. The summed E-state index contributed by atoms with van der Waals surface area (Å²) in [5.74, 6) is -0.100. The van der Waals surface area contributed by atoms with Crippen molar-refractivity contribution in [3.8, 4) is 5.75 Å². The fourth-order valence-corrected chi connectivity index (χ4v) is 2.61. The summed E-state index contributed by atoms with van der Waals surface area (Å²) in [4.78, 5) is 12.3. The van der Waals surface area contributed by atoms with Gasteiger partial charge in [0.05, 0.1) is 12.6 Å². The third-order valence-corrected chi connectivity index (χ3v) is 3.56. The second kappa shape index (κ2) is 6.25. The molecule has 0 aliphatic carbocycles. The molecule has 0 aliphatic rings. The molecule has 0 bridgehead atoms. The highest BCUT2D eigenvalue weighted by molar-refractivity contribution is 5.95. The summed E-state index contributed by atoms with van der Waals surface area (Å²) < 4.78 is 50.6. The van der Waals surface area contributed by atoms with Crippen LogP contribution in [-0.4, -0.2) is 34.7 Å². The molecule has 0 fully saturated rings. The number of aliphatic hydroxyl groups excluding tert-OH is 1. The number of carbonyl (C=O) groups excluding carboxylic acids is 1. The summed E-state index contributed by atoms with van der Waals surface area (Å²) in [5, 5.41) is 9.84. The van der Waals surface area contributed by atoms with Gasteiger partial charge in [-0.1, -0.05) is 0 Å². The number of aliphatic hydroxyl groups is 1. The molecule has 0 saturated carbocycles. The lowest BCUT2D eigenvalue weighted by Crippen LogP contribution is -2.27. The second-order valence-corrected chi connectivity index (χ2v) is 6.68. The SMILES string of the molecule is COc1cc(C)c2c(ccn2C(=O)OC(C)(C)C)c1C(O)C(F)(F)F. The predicted molar refractivity (Wildman–Crippen MR) is 85.9 cm³/mol. The van der Waals surface area contributed by atoms with Crippen molar-refractivity contribution in [2.75, 3.05) is 7.11 Å². The predicted octanol–water partition coefficient (Wildman–Crippen LogP) is 4.34. The summed E-state index contributed by atoms with van der Waals surface area (Å²) in [6.45, 7) is 6.69. The van der Waals surface area contributed by atoms with E-state index in [9.17, 15) is 23.1 Å². The van der Waals surface area contributed by atoms with Gasteiger partial charge in [-0.15, -0.1) is 0 Å². The molecule has 0 spiro atoms. The zero-order chi connectivity index (χ0) is 19.2. The van der Waals surface area contributed by atoms with Gasteiger partial charge in [-0.25, -0.2) is 4.79 Å². The number of hydrogen-bond donors (Lipinski definition) is 1. The highest BCUT2D eigenvalue weighted by Gasteiger charge is 2.42. The summed E-state index contributed by atoms with van der Waals surface area (Å²) in [5.41, 5.74) is -0.449. The van der Waals surface area contributed by atoms with E-state index in [1.807, 2.05) is 0 Å². The van der Waals surface area contributed by atoms with E-state index in [0.29, 0.717) is 5.56 Å². The third-order valence-electron chi connectivity index (χ3n) is 3.56. The Hall–Kier alpha value is -2.22. The van der Waals surface area contributed by atoms with E-state index in [4.69, 9.17) is 9.47 Å². The number of aromatic nitrogens is 1. The lowest BCUT2D eigenvalue weighted by Gasteiger charge is -2.21. The van der Waals surface area contributed by atoms with Gasteiger partial charge < -0.3 is 14.6 Å². The Morgan fingerprint density at radius 2 is 1.88 bits per heavy atom. The number of rotatable bonds is 2. The molecule has 1 atom stereocenters. The van der Waals surface area contributed by atoms with E-state index in [1.54, 1.807) is 27.7 Å². The number of benzene rings is 1. The van der Waals surface area contributed by atoms with Gasteiger partial charge in [-0.2, -0.15) is 13.2 Å².